The maximum atomic E-state index is 8.82. The van der Waals surface area contributed by atoms with Gasteiger partial charge in [0.2, 0.25) is 0 Å². The zero-order valence-electron chi connectivity index (χ0n) is 34.6. The number of aromatic nitrogens is 1. The van der Waals surface area contributed by atoms with Crippen LogP contribution in [0.15, 0.2) is 199 Å². The van der Waals surface area contributed by atoms with Gasteiger partial charge in [0.15, 0.2) is 5.84 Å². The lowest BCUT2D eigenvalue weighted by atomic mass is 9.81. The molecule has 1 heterocycles. The second-order valence-electron chi connectivity index (χ2n) is 16.7. The Bertz CT molecular complexity index is 3470. The predicted molar refractivity (Wildman–Crippen MR) is 263 cm³/mol. The van der Waals surface area contributed by atoms with Crippen LogP contribution in [0.5, 0.6) is 0 Å². The van der Waals surface area contributed by atoms with E-state index in [0.29, 0.717) is 5.84 Å². The van der Waals surface area contributed by atoms with Crippen LogP contribution in [0.25, 0.3) is 77.2 Å². The van der Waals surface area contributed by atoms with Crippen molar-refractivity contribution >= 4 is 61.0 Å². The number of allylic oxidation sites excluding steroid dienone is 1. The molecule has 3 N–H and O–H groups in total. The molecular weight excluding hydrogens is 767 g/mol. The highest BCUT2D eigenvalue weighted by Gasteiger charge is 2.26. The van der Waals surface area contributed by atoms with Crippen molar-refractivity contribution in [3.8, 4) is 27.9 Å². The van der Waals surface area contributed by atoms with E-state index in [4.69, 9.17) is 10.4 Å². The fourth-order valence-corrected chi connectivity index (χ4v) is 10.1. The second kappa shape index (κ2) is 15.2. The Labute approximate surface area is 366 Å². The first kappa shape index (κ1) is 36.9. The quantitative estimate of drug-likeness (QED) is 0.0678. The van der Waals surface area contributed by atoms with Crippen molar-refractivity contribution < 1.29 is 0 Å². The van der Waals surface area contributed by atoms with E-state index in [9.17, 15) is 0 Å². The summed E-state index contributed by atoms with van der Waals surface area (Å²) in [4.78, 5) is 4.79. The second-order valence-corrected chi connectivity index (χ2v) is 16.7. The number of hydrogen-bond donors (Lipinski definition) is 3. The third kappa shape index (κ3) is 6.36. The molecule has 12 rings (SSSR count). The Balaban J connectivity index is 0.927. The number of nitrogens with zero attached hydrogens (tertiary/aromatic N) is 2. The predicted octanol–water partition coefficient (Wildman–Crippen LogP) is 13.5. The van der Waals surface area contributed by atoms with Gasteiger partial charge in [-0.25, -0.2) is 10.4 Å². The molecule has 0 saturated heterocycles. The van der Waals surface area contributed by atoms with Crippen LogP contribution in [0, 0.1) is 5.41 Å². The molecule has 0 radical (unpaired) electrons. The lowest BCUT2D eigenvalue weighted by molar-refractivity contribution is 0.502. The number of hydrogen-bond acceptors (Lipinski definition) is 2. The average molecular weight is 810 g/mol. The number of fused-ring (bicyclic) bond motifs is 12. The van der Waals surface area contributed by atoms with Crippen molar-refractivity contribution in [3.05, 3.63) is 228 Å². The molecule has 2 aliphatic carbocycles. The molecule has 0 saturated carbocycles. The van der Waals surface area contributed by atoms with Crippen LogP contribution >= 0.6 is 0 Å². The molecule has 1 atom stereocenters. The van der Waals surface area contributed by atoms with Crippen molar-refractivity contribution in [3.63, 3.8) is 0 Å². The van der Waals surface area contributed by atoms with Gasteiger partial charge in [-0.2, -0.15) is 0 Å². The Morgan fingerprint density at radius 2 is 1.19 bits per heavy atom. The van der Waals surface area contributed by atoms with Gasteiger partial charge < -0.3 is 9.99 Å². The van der Waals surface area contributed by atoms with Gasteiger partial charge in [0.05, 0.1) is 11.6 Å². The highest BCUT2D eigenvalue weighted by molar-refractivity contribution is 6.25. The number of hydrazine groups is 1. The topological polar surface area (TPSA) is 65.2 Å². The van der Waals surface area contributed by atoms with Crippen molar-refractivity contribution in [1.29, 1.82) is 5.41 Å². The third-order valence-corrected chi connectivity index (χ3v) is 13.1. The van der Waals surface area contributed by atoms with Gasteiger partial charge in [0.1, 0.15) is 5.84 Å². The van der Waals surface area contributed by atoms with Crippen molar-refractivity contribution in [2.45, 2.75) is 25.3 Å². The van der Waals surface area contributed by atoms with Crippen LogP contribution in [-0.2, 0) is 12.8 Å². The van der Waals surface area contributed by atoms with Gasteiger partial charge in [0.25, 0.3) is 0 Å². The lowest BCUT2D eigenvalue weighted by Gasteiger charge is -2.30. The molecule has 0 fully saturated rings. The lowest BCUT2D eigenvalue weighted by Crippen LogP contribution is -2.42. The smallest absolute Gasteiger partial charge is 0.154 e. The summed E-state index contributed by atoms with van der Waals surface area (Å²) in [6.07, 6.45) is 7.50. The molecule has 10 aromatic rings. The molecule has 0 aliphatic heterocycles. The van der Waals surface area contributed by atoms with E-state index < -0.39 is 0 Å². The molecule has 1 aromatic heterocycles. The van der Waals surface area contributed by atoms with Crippen LogP contribution in [0.2, 0.25) is 0 Å². The minimum absolute atomic E-state index is 0.0329. The van der Waals surface area contributed by atoms with Crippen LogP contribution in [-0.4, -0.2) is 16.2 Å². The van der Waals surface area contributed by atoms with E-state index in [1.807, 2.05) is 60.7 Å². The Morgan fingerprint density at radius 1 is 0.556 bits per heavy atom. The minimum Gasteiger partial charge on any atom is -0.313 e. The average Bonchev–Trinajstić information content (AvgIpc) is 3.69. The van der Waals surface area contributed by atoms with Crippen LogP contribution in [0.4, 0.5) is 0 Å². The summed E-state index contributed by atoms with van der Waals surface area (Å²) in [5, 5.41) is 17.8. The normalized spacial score (nSPS) is 14.5. The number of benzene rings is 9. The van der Waals surface area contributed by atoms with E-state index in [1.165, 1.54) is 93.5 Å². The van der Waals surface area contributed by atoms with E-state index in [-0.39, 0.29) is 11.9 Å². The Hall–Kier alpha value is -7.86. The highest BCUT2D eigenvalue weighted by atomic mass is 15.4. The minimum atomic E-state index is -0.0329. The molecule has 63 heavy (non-hydrogen) atoms. The Kier molecular flexibility index (Phi) is 8.94. The van der Waals surface area contributed by atoms with Gasteiger partial charge in [-0.3, -0.25) is 5.41 Å². The molecule has 0 bridgehead atoms. The molecule has 2 aliphatic rings. The van der Waals surface area contributed by atoms with Crippen LogP contribution in [0.3, 0.4) is 0 Å². The fourth-order valence-electron chi connectivity index (χ4n) is 10.1. The standard InChI is InChI=1S/C58H43N5/c59-57(37-15-3-1-4-16-37)60-58(38-17-5-2-6-18-38)62-61-54-35-41-19-7-8-20-43(41)51-33-39(27-30-49(51)54)40-28-32-56-53(34-40)50-25-13-14-26-55(50)63(56)42-29-31-48-46-23-10-9-21-44(46)45-22-11-12-24-47(45)52(48)36-42/h1-13,15-25,27-34,36,54,61H,14,26,35H2,(H2,59,60,62)/t54-/m1/s1. The zero-order valence-corrected chi connectivity index (χ0v) is 34.6. The van der Waals surface area contributed by atoms with E-state index >= 15 is 0 Å². The molecule has 5 nitrogen and oxygen atoms in total. The van der Waals surface area contributed by atoms with Crippen LogP contribution in [0.1, 0.15) is 46.0 Å². The number of aliphatic imine (C=N–C) groups is 1. The largest absolute Gasteiger partial charge is 0.313 e. The number of rotatable bonds is 6. The summed E-state index contributed by atoms with van der Waals surface area (Å²) < 4.78 is 2.52. The zero-order chi connectivity index (χ0) is 41.9. The van der Waals surface area contributed by atoms with Crippen molar-refractivity contribution in [1.82, 2.24) is 15.4 Å². The van der Waals surface area contributed by atoms with E-state index in [2.05, 4.69) is 155 Å². The highest BCUT2D eigenvalue weighted by Crippen LogP contribution is 2.43. The van der Waals surface area contributed by atoms with Gasteiger partial charge >= 0.3 is 0 Å². The van der Waals surface area contributed by atoms with Gasteiger partial charge in [0, 0.05) is 33.5 Å². The van der Waals surface area contributed by atoms with E-state index in [0.717, 1.165) is 30.4 Å². The fraction of sp³-hybridized carbons (Fsp3) is 0.0690. The van der Waals surface area contributed by atoms with Gasteiger partial charge in [-0.15, -0.1) is 0 Å². The Morgan fingerprint density at radius 3 is 1.95 bits per heavy atom. The van der Waals surface area contributed by atoms with Crippen molar-refractivity contribution in [2.75, 3.05) is 0 Å². The first-order valence-corrected chi connectivity index (χ1v) is 21.9. The summed E-state index contributed by atoms with van der Waals surface area (Å²) in [5.41, 5.74) is 21.3. The summed E-state index contributed by atoms with van der Waals surface area (Å²) in [5.74, 6) is 0.802. The van der Waals surface area contributed by atoms with Gasteiger partial charge in [-0.1, -0.05) is 170 Å². The molecule has 0 amide bonds. The summed E-state index contributed by atoms with van der Waals surface area (Å²) >= 11 is 0. The molecule has 0 spiro atoms. The molecule has 300 valence electrons. The molecule has 5 heteroatoms. The molecular formula is C58H43N5. The first-order chi connectivity index (χ1) is 31.2. The van der Waals surface area contributed by atoms with Crippen molar-refractivity contribution in [2.24, 2.45) is 4.99 Å². The summed E-state index contributed by atoms with van der Waals surface area (Å²) in [7, 11) is 0. The summed E-state index contributed by atoms with van der Waals surface area (Å²) in [6.45, 7) is 0. The van der Waals surface area contributed by atoms with E-state index in [1.54, 1.807) is 0 Å². The maximum Gasteiger partial charge on any atom is 0.154 e. The molecule has 0 unspecified atom stereocenters. The molecule has 9 aromatic carbocycles. The first-order valence-electron chi connectivity index (χ1n) is 21.9. The third-order valence-electron chi connectivity index (χ3n) is 13.1. The van der Waals surface area contributed by atoms with Gasteiger partial charge in [-0.05, 0) is 115 Å². The number of nitrogens with one attached hydrogen (secondary N) is 3. The SMILES string of the molecule is N=C(N=C(NN[C@@H]1Cc2ccccc2-c2cc(-c3ccc4c(c3)c3c(n4-c4ccc5c6ccccc6c6ccccc6c5c4)CCC=C3)ccc21)c1ccccc1)c1ccccc1. The summed E-state index contributed by atoms with van der Waals surface area (Å²) in [6, 6.07) is 67.1. The maximum absolute atomic E-state index is 8.82. The van der Waals surface area contributed by atoms with Crippen LogP contribution < -0.4 is 10.9 Å². The monoisotopic (exact) mass is 809 g/mol. The number of amidine groups is 2.